The summed E-state index contributed by atoms with van der Waals surface area (Å²) in [6.07, 6.45) is 4.54. The van der Waals surface area contributed by atoms with Crippen LogP contribution in [0.5, 0.6) is 0 Å². The molecule has 2 heterocycles. The third-order valence-electron chi connectivity index (χ3n) is 3.44. The molecule has 0 aliphatic heterocycles. The first-order valence-corrected chi connectivity index (χ1v) is 7.94. The number of aromatic nitrogens is 3. The quantitative estimate of drug-likeness (QED) is 0.722. The second kappa shape index (κ2) is 7.18. The van der Waals surface area contributed by atoms with Crippen molar-refractivity contribution >= 4 is 40.6 Å². The Morgan fingerprint density at radius 1 is 1.20 bits per heavy atom. The number of carbonyl (C=O) groups excluding carboxylic acids is 1. The van der Waals surface area contributed by atoms with Crippen molar-refractivity contribution in [1.29, 1.82) is 0 Å². The van der Waals surface area contributed by atoms with Gasteiger partial charge < -0.3 is 10.4 Å². The van der Waals surface area contributed by atoms with Gasteiger partial charge in [-0.2, -0.15) is 0 Å². The molecule has 7 nitrogen and oxygen atoms in total. The van der Waals surface area contributed by atoms with E-state index in [0.717, 1.165) is 5.56 Å². The van der Waals surface area contributed by atoms with Gasteiger partial charge in [-0.15, -0.1) is 0 Å². The number of carbonyl (C=O) groups is 1. The van der Waals surface area contributed by atoms with Crippen molar-refractivity contribution in [3.63, 3.8) is 0 Å². The summed E-state index contributed by atoms with van der Waals surface area (Å²) < 4.78 is 1.24. The molecular weight excluding hydrogens is 367 g/mol. The summed E-state index contributed by atoms with van der Waals surface area (Å²) in [5, 5.41) is 12.0. The standard InChI is InChI=1S/C16H12Cl2N4O3/c17-12-2-1-9(4-13(12)18)3-10-5-19-16-20-6-11(21-14(24)8-23)7-22(16)15(10)25/h1-2,4-7,23H,3,8H2,(H,21,24). The topological polar surface area (TPSA) is 96.6 Å². The highest BCUT2D eigenvalue weighted by atomic mass is 35.5. The number of benzene rings is 1. The molecule has 128 valence electrons. The van der Waals surface area contributed by atoms with Gasteiger partial charge in [-0.3, -0.25) is 9.59 Å². The second-order valence-corrected chi connectivity index (χ2v) is 6.05. The lowest BCUT2D eigenvalue weighted by atomic mass is 10.1. The molecule has 0 spiro atoms. The Balaban J connectivity index is 1.98. The van der Waals surface area contributed by atoms with Crippen molar-refractivity contribution in [3.05, 3.63) is 68.3 Å². The van der Waals surface area contributed by atoms with Gasteiger partial charge in [-0.1, -0.05) is 29.3 Å². The summed E-state index contributed by atoms with van der Waals surface area (Å²) in [6, 6.07) is 5.13. The Labute approximate surface area is 151 Å². The number of fused-ring (bicyclic) bond motifs is 1. The monoisotopic (exact) mass is 378 g/mol. The highest BCUT2D eigenvalue weighted by Crippen LogP contribution is 2.23. The van der Waals surface area contributed by atoms with Gasteiger partial charge in [0.25, 0.3) is 5.56 Å². The van der Waals surface area contributed by atoms with Crippen molar-refractivity contribution in [2.75, 3.05) is 11.9 Å². The van der Waals surface area contributed by atoms with Crippen molar-refractivity contribution in [2.24, 2.45) is 0 Å². The van der Waals surface area contributed by atoms with E-state index in [1.807, 2.05) is 0 Å². The first kappa shape index (κ1) is 17.3. The van der Waals surface area contributed by atoms with E-state index < -0.39 is 12.5 Å². The molecule has 0 saturated heterocycles. The minimum atomic E-state index is -0.664. The third-order valence-corrected chi connectivity index (χ3v) is 4.18. The maximum absolute atomic E-state index is 12.7. The summed E-state index contributed by atoms with van der Waals surface area (Å²) in [6.45, 7) is -0.664. The normalized spacial score (nSPS) is 10.8. The van der Waals surface area contributed by atoms with Gasteiger partial charge in [0.15, 0.2) is 0 Å². The van der Waals surface area contributed by atoms with E-state index in [2.05, 4.69) is 15.3 Å². The van der Waals surface area contributed by atoms with E-state index in [4.69, 9.17) is 28.3 Å². The first-order chi connectivity index (χ1) is 12.0. The minimum Gasteiger partial charge on any atom is -0.387 e. The average molecular weight is 379 g/mol. The Kier molecular flexibility index (Phi) is 4.98. The molecule has 2 N–H and O–H groups in total. The number of nitrogens with one attached hydrogen (secondary N) is 1. The molecule has 0 aliphatic carbocycles. The number of halogens is 2. The van der Waals surface area contributed by atoms with Crippen LogP contribution in [0.1, 0.15) is 11.1 Å². The predicted molar refractivity (Wildman–Crippen MR) is 94.2 cm³/mol. The molecule has 0 atom stereocenters. The molecule has 1 amide bonds. The molecule has 0 bridgehead atoms. The van der Waals surface area contributed by atoms with Crippen LogP contribution in [0.25, 0.3) is 5.78 Å². The lowest BCUT2D eigenvalue weighted by molar-refractivity contribution is -0.118. The van der Waals surface area contributed by atoms with Crippen LogP contribution in [0.2, 0.25) is 10.0 Å². The maximum atomic E-state index is 12.7. The molecule has 0 aliphatic rings. The van der Waals surface area contributed by atoms with Crippen LogP contribution in [0.4, 0.5) is 5.69 Å². The zero-order valence-electron chi connectivity index (χ0n) is 12.7. The second-order valence-electron chi connectivity index (χ2n) is 5.23. The Hall–Kier alpha value is -2.48. The Bertz CT molecular complexity index is 1020. The number of hydrogen-bond donors (Lipinski definition) is 2. The summed E-state index contributed by atoms with van der Waals surface area (Å²) >= 11 is 11.9. The summed E-state index contributed by atoms with van der Waals surface area (Å²) in [4.78, 5) is 32.1. The Morgan fingerprint density at radius 3 is 2.68 bits per heavy atom. The molecule has 3 rings (SSSR count). The molecule has 0 radical (unpaired) electrons. The van der Waals surface area contributed by atoms with E-state index in [9.17, 15) is 9.59 Å². The highest BCUT2D eigenvalue weighted by molar-refractivity contribution is 6.42. The molecule has 0 unspecified atom stereocenters. The smallest absolute Gasteiger partial charge is 0.262 e. The zero-order valence-corrected chi connectivity index (χ0v) is 14.3. The zero-order chi connectivity index (χ0) is 18.0. The number of anilines is 1. The maximum Gasteiger partial charge on any atom is 0.262 e. The van der Waals surface area contributed by atoms with Gasteiger partial charge in [0, 0.05) is 24.4 Å². The molecule has 9 heteroatoms. The molecule has 0 saturated carbocycles. The van der Waals surface area contributed by atoms with E-state index >= 15 is 0 Å². The van der Waals surface area contributed by atoms with Crippen LogP contribution in [-0.2, 0) is 11.2 Å². The summed E-state index contributed by atoms with van der Waals surface area (Å²) in [5.41, 5.74) is 1.21. The lowest BCUT2D eigenvalue weighted by Crippen LogP contribution is -2.22. The average Bonchev–Trinajstić information content (AvgIpc) is 2.61. The largest absolute Gasteiger partial charge is 0.387 e. The molecular formula is C16H12Cl2N4O3. The van der Waals surface area contributed by atoms with E-state index in [1.165, 1.54) is 23.0 Å². The number of amides is 1. The number of rotatable bonds is 4. The van der Waals surface area contributed by atoms with Crippen molar-refractivity contribution in [1.82, 2.24) is 14.4 Å². The molecule has 1 aromatic carbocycles. The predicted octanol–water partition coefficient (Wildman–Crippen LogP) is 1.92. The lowest BCUT2D eigenvalue weighted by Gasteiger charge is -2.07. The van der Waals surface area contributed by atoms with Crippen LogP contribution < -0.4 is 10.9 Å². The number of nitrogens with zero attached hydrogens (tertiary/aromatic N) is 3. The van der Waals surface area contributed by atoms with Crippen molar-refractivity contribution in [2.45, 2.75) is 6.42 Å². The fraction of sp³-hybridized carbons (Fsp3) is 0.125. The minimum absolute atomic E-state index is 0.199. The first-order valence-electron chi connectivity index (χ1n) is 7.19. The fourth-order valence-electron chi connectivity index (χ4n) is 2.27. The van der Waals surface area contributed by atoms with Crippen molar-refractivity contribution < 1.29 is 9.90 Å². The van der Waals surface area contributed by atoms with Gasteiger partial charge in [0.1, 0.15) is 6.61 Å². The van der Waals surface area contributed by atoms with Crippen LogP contribution in [0.3, 0.4) is 0 Å². The Morgan fingerprint density at radius 2 is 1.96 bits per heavy atom. The molecule has 0 fully saturated rings. The van der Waals surface area contributed by atoms with Gasteiger partial charge >= 0.3 is 0 Å². The van der Waals surface area contributed by atoms with Crippen LogP contribution in [-0.4, -0.2) is 32.0 Å². The van der Waals surface area contributed by atoms with E-state index in [-0.39, 0.29) is 17.0 Å². The van der Waals surface area contributed by atoms with Gasteiger partial charge in [0.2, 0.25) is 11.7 Å². The summed E-state index contributed by atoms with van der Waals surface area (Å²) in [5.74, 6) is -0.404. The molecule has 3 aromatic rings. The van der Waals surface area contributed by atoms with Gasteiger partial charge in [0.05, 0.1) is 21.9 Å². The highest BCUT2D eigenvalue weighted by Gasteiger charge is 2.09. The SMILES string of the molecule is O=C(CO)Nc1cnc2ncc(Cc3ccc(Cl)c(Cl)c3)c(=O)n2c1. The van der Waals surface area contributed by atoms with Crippen LogP contribution in [0.15, 0.2) is 41.6 Å². The van der Waals surface area contributed by atoms with E-state index in [1.54, 1.807) is 18.2 Å². The van der Waals surface area contributed by atoms with Gasteiger partial charge in [-0.25, -0.2) is 14.4 Å². The molecule has 2 aromatic heterocycles. The number of hydrogen-bond acceptors (Lipinski definition) is 5. The number of aliphatic hydroxyl groups is 1. The fourth-order valence-corrected chi connectivity index (χ4v) is 2.59. The van der Waals surface area contributed by atoms with Crippen LogP contribution >= 0.6 is 23.2 Å². The van der Waals surface area contributed by atoms with Crippen LogP contribution in [0, 0.1) is 0 Å². The van der Waals surface area contributed by atoms with Gasteiger partial charge in [-0.05, 0) is 17.7 Å². The number of aliphatic hydroxyl groups excluding tert-OH is 1. The third kappa shape index (κ3) is 3.79. The van der Waals surface area contributed by atoms with Crippen molar-refractivity contribution in [3.8, 4) is 0 Å². The van der Waals surface area contributed by atoms with E-state index in [0.29, 0.717) is 22.0 Å². The molecule has 25 heavy (non-hydrogen) atoms. The summed E-state index contributed by atoms with van der Waals surface area (Å²) in [7, 11) is 0.